The maximum Gasteiger partial charge on any atom is 0.118 e. The van der Waals surface area contributed by atoms with Gasteiger partial charge < -0.3 is 10.1 Å². The molecule has 1 N–H and O–H groups in total. The fourth-order valence-electron chi connectivity index (χ4n) is 2.72. The van der Waals surface area contributed by atoms with Crippen LogP contribution in [0.25, 0.3) is 0 Å². The summed E-state index contributed by atoms with van der Waals surface area (Å²) in [5.74, 6) is 1.86. The summed E-state index contributed by atoms with van der Waals surface area (Å²) in [6, 6.07) is 8.38. The summed E-state index contributed by atoms with van der Waals surface area (Å²) in [5, 5.41) is 3.60. The van der Waals surface area contributed by atoms with Gasteiger partial charge in [0, 0.05) is 0 Å². The first kappa shape index (κ1) is 13.4. The summed E-state index contributed by atoms with van der Waals surface area (Å²) < 4.78 is 5.16. The lowest BCUT2D eigenvalue weighted by Gasteiger charge is -2.21. The Kier molecular flexibility index (Phi) is 5.53. The number of rotatable bonds is 6. The van der Waals surface area contributed by atoms with Gasteiger partial charge in [0.2, 0.25) is 0 Å². The van der Waals surface area contributed by atoms with Gasteiger partial charge in [-0.15, -0.1) is 0 Å². The molecule has 0 bridgehead atoms. The first-order chi connectivity index (χ1) is 8.88. The largest absolute Gasteiger partial charge is 0.497 e. The second kappa shape index (κ2) is 7.42. The molecule has 1 aromatic rings. The van der Waals surface area contributed by atoms with Crippen LogP contribution in [0.2, 0.25) is 0 Å². The standard InChI is InChI=1S/C16H25NO/c1-18-16-9-7-14(8-10-16)11-12-17-13-15-5-3-2-4-6-15/h7-10,15,17H,2-6,11-13H2,1H3. The van der Waals surface area contributed by atoms with E-state index in [0.29, 0.717) is 0 Å². The van der Waals surface area contributed by atoms with Gasteiger partial charge in [-0.2, -0.15) is 0 Å². The van der Waals surface area contributed by atoms with Crippen molar-refractivity contribution in [1.29, 1.82) is 0 Å². The third-order valence-corrected chi connectivity index (χ3v) is 3.91. The third-order valence-electron chi connectivity index (χ3n) is 3.91. The molecule has 2 heteroatoms. The van der Waals surface area contributed by atoms with Crippen LogP contribution in [0.1, 0.15) is 37.7 Å². The predicted molar refractivity (Wildman–Crippen MR) is 76.1 cm³/mol. The van der Waals surface area contributed by atoms with Gasteiger partial charge in [0.1, 0.15) is 5.75 Å². The van der Waals surface area contributed by atoms with Crippen molar-refractivity contribution < 1.29 is 4.74 Å². The molecule has 0 atom stereocenters. The van der Waals surface area contributed by atoms with Gasteiger partial charge in [-0.25, -0.2) is 0 Å². The molecule has 0 aromatic heterocycles. The lowest BCUT2D eigenvalue weighted by atomic mass is 9.89. The maximum absolute atomic E-state index is 5.16. The Bertz CT molecular complexity index is 327. The van der Waals surface area contributed by atoms with Gasteiger partial charge in [-0.1, -0.05) is 31.4 Å². The van der Waals surface area contributed by atoms with Crippen molar-refractivity contribution in [2.24, 2.45) is 5.92 Å². The van der Waals surface area contributed by atoms with Gasteiger partial charge in [0.05, 0.1) is 7.11 Å². The molecule has 1 saturated carbocycles. The Morgan fingerprint density at radius 1 is 1.11 bits per heavy atom. The minimum absolute atomic E-state index is 0.926. The normalized spacial score (nSPS) is 16.7. The van der Waals surface area contributed by atoms with E-state index < -0.39 is 0 Å². The van der Waals surface area contributed by atoms with Crippen molar-refractivity contribution in [3.63, 3.8) is 0 Å². The quantitative estimate of drug-likeness (QED) is 0.778. The van der Waals surface area contributed by atoms with Crippen LogP contribution in [0.4, 0.5) is 0 Å². The zero-order valence-electron chi connectivity index (χ0n) is 11.5. The van der Waals surface area contributed by atoms with E-state index in [4.69, 9.17) is 4.74 Å². The minimum Gasteiger partial charge on any atom is -0.497 e. The number of nitrogens with one attached hydrogen (secondary N) is 1. The minimum atomic E-state index is 0.926. The second-order valence-electron chi connectivity index (χ2n) is 5.31. The van der Waals surface area contributed by atoms with Crippen LogP contribution in [0.5, 0.6) is 5.75 Å². The van der Waals surface area contributed by atoms with Crippen molar-refractivity contribution in [2.45, 2.75) is 38.5 Å². The molecule has 0 radical (unpaired) electrons. The summed E-state index contributed by atoms with van der Waals surface area (Å²) in [4.78, 5) is 0. The Labute approximate surface area is 111 Å². The molecule has 0 unspecified atom stereocenters. The van der Waals surface area contributed by atoms with E-state index in [1.165, 1.54) is 44.2 Å². The first-order valence-electron chi connectivity index (χ1n) is 7.22. The second-order valence-corrected chi connectivity index (χ2v) is 5.31. The van der Waals surface area contributed by atoms with Crippen molar-refractivity contribution in [3.8, 4) is 5.75 Å². The topological polar surface area (TPSA) is 21.3 Å². The Hall–Kier alpha value is -1.02. The highest BCUT2D eigenvalue weighted by Crippen LogP contribution is 2.22. The number of ether oxygens (including phenoxy) is 1. The van der Waals surface area contributed by atoms with Crippen LogP contribution in [0, 0.1) is 5.92 Å². The summed E-state index contributed by atoms with van der Waals surface area (Å²) in [5.41, 5.74) is 1.38. The lowest BCUT2D eigenvalue weighted by molar-refractivity contribution is 0.343. The van der Waals surface area contributed by atoms with Crippen molar-refractivity contribution >= 4 is 0 Å². The van der Waals surface area contributed by atoms with Gasteiger partial charge in [-0.3, -0.25) is 0 Å². The fraction of sp³-hybridized carbons (Fsp3) is 0.625. The van der Waals surface area contributed by atoms with E-state index in [9.17, 15) is 0 Å². The summed E-state index contributed by atoms with van der Waals surface area (Å²) in [6.07, 6.45) is 8.28. The molecule has 18 heavy (non-hydrogen) atoms. The Morgan fingerprint density at radius 3 is 2.50 bits per heavy atom. The van der Waals surface area contributed by atoms with Gasteiger partial charge >= 0.3 is 0 Å². The molecule has 0 saturated heterocycles. The maximum atomic E-state index is 5.16. The molecule has 100 valence electrons. The highest BCUT2D eigenvalue weighted by atomic mass is 16.5. The van der Waals surface area contributed by atoms with E-state index in [0.717, 1.165) is 24.6 Å². The molecule has 0 heterocycles. The average Bonchev–Trinajstić information content (AvgIpc) is 2.45. The van der Waals surface area contributed by atoms with Gasteiger partial charge in [0.15, 0.2) is 0 Å². The van der Waals surface area contributed by atoms with Crippen LogP contribution >= 0.6 is 0 Å². The zero-order chi connectivity index (χ0) is 12.6. The SMILES string of the molecule is COc1ccc(CCNCC2CCCCC2)cc1. The number of hydrogen-bond acceptors (Lipinski definition) is 2. The van der Waals surface area contributed by atoms with Crippen LogP contribution in [-0.2, 0) is 6.42 Å². The average molecular weight is 247 g/mol. The molecule has 2 nitrogen and oxygen atoms in total. The number of methoxy groups -OCH3 is 1. The molecular weight excluding hydrogens is 222 g/mol. The van der Waals surface area contributed by atoms with E-state index in [2.05, 4.69) is 17.4 Å². The summed E-state index contributed by atoms with van der Waals surface area (Å²) in [7, 11) is 1.71. The Balaban J connectivity index is 1.62. The smallest absolute Gasteiger partial charge is 0.118 e. The highest BCUT2D eigenvalue weighted by molar-refractivity contribution is 5.27. The molecule has 1 aromatic carbocycles. The molecule has 2 rings (SSSR count). The monoisotopic (exact) mass is 247 g/mol. The van der Waals surface area contributed by atoms with Crippen LogP contribution in [0.15, 0.2) is 24.3 Å². The lowest BCUT2D eigenvalue weighted by Crippen LogP contribution is -2.26. The summed E-state index contributed by atoms with van der Waals surface area (Å²) in [6.45, 7) is 2.29. The van der Waals surface area contributed by atoms with E-state index >= 15 is 0 Å². The van der Waals surface area contributed by atoms with Crippen molar-refractivity contribution in [2.75, 3.05) is 20.2 Å². The molecule has 1 aliphatic carbocycles. The van der Waals surface area contributed by atoms with Gasteiger partial charge in [-0.05, 0) is 56.0 Å². The third kappa shape index (κ3) is 4.34. The van der Waals surface area contributed by atoms with Crippen LogP contribution < -0.4 is 10.1 Å². The van der Waals surface area contributed by atoms with E-state index in [-0.39, 0.29) is 0 Å². The van der Waals surface area contributed by atoms with Crippen LogP contribution in [0.3, 0.4) is 0 Å². The first-order valence-corrected chi connectivity index (χ1v) is 7.22. The predicted octanol–water partition coefficient (Wildman–Crippen LogP) is 3.41. The number of hydrogen-bond donors (Lipinski definition) is 1. The highest BCUT2D eigenvalue weighted by Gasteiger charge is 2.12. The van der Waals surface area contributed by atoms with Crippen molar-refractivity contribution in [1.82, 2.24) is 5.32 Å². The van der Waals surface area contributed by atoms with Crippen molar-refractivity contribution in [3.05, 3.63) is 29.8 Å². The van der Waals surface area contributed by atoms with Gasteiger partial charge in [0.25, 0.3) is 0 Å². The summed E-state index contributed by atoms with van der Waals surface area (Å²) >= 11 is 0. The molecule has 1 aliphatic rings. The molecule has 0 spiro atoms. The molecule has 0 amide bonds. The zero-order valence-corrected chi connectivity index (χ0v) is 11.5. The van der Waals surface area contributed by atoms with Crippen LogP contribution in [-0.4, -0.2) is 20.2 Å². The Morgan fingerprint density at radius 2 is 1.83 bits per heavy atom. The van der Waals surface area contributed by atoms with E-state index in [1.807, 2.05) is 12.1 Å². The molecule has 1 fully saturated rings. The molecular formula is C16H25NO. The fourth-order valence-corrected chi connectivity index (χ4v) is 2.72. The van der Waals surface area contributed by atoms with E-state index in [1.54, 1.807) is 7.11 Å². The number of benzene rings is 1. The molecule has 0 aliphatic heterocycles.